The molecule has 0 aliphatic carbocycles. The summed E-state index contributed by atoms with van der Waals surface area (Å²) in [6, 6.07) is 14.6. The fourth-order valence-electron chi connectivity index (χ4n) is 4.68. The van der Waals surface area contributed by atoms with Crippen molar-refractivity contribution in [2.45, 2.75) is 25.6 Å². The van der Waals surface area contributed by atoms with Gasteiger partial charge >= 0.3 is 0 Å². The van der Waals surface area contributed by atoms with E-state index in [4.69, 9.17) is 4.74 Å². The van der Waals surface area contributed by atoms with Gasteiger partial charge in [-0.2, -0.15) is 0 Å². The minimum atomic E-state index is -3.66. The summed E-state index contributed by atoms with van der Waals surface area (Å²) in [5.74, 6) is -1.75. The molecule has 1 aliphatic heterocycles. The van der Waals surface area contributed by atoms with Crippen molar-refractivity contribution in [1.82, 2.24) is 10.6 Å². The first kappa shape index (κ1) is 32.3. The fourth-order valence-corrected chi connectivity index (χ4v) is 5.66. The molecule has 2 atom stereocenters. The zero-order valence-electron chi connectivity index (χ0n) is 23.0. The molecule has 2 N–H and O–H groups in total. The molecule has 0 radical (unpaired) electrons. The third-order valence-electron chi connectivity index (χ3n) is 6.81. The number of carbonyl (C=O) groups is 3. The van der Waals surface area contributed by atoms with Crippen LogP contribution in [0.15, 0.2) is 59.1 Å². The molecule has 13 heteroatoms. The number of anilines is 2. The van der Waals surface area contributed by atoms with Gasteiger partial charge < -0.3 is 25.2 Å². The molecule has 41 heavy (non-hydrogen) atoms. The minimum absolute atomic E-state index is 0. The number of hydrogen-bond acceptors (Lipinski definition) is 7. The number of ether oxygens (including phenoxy) is 1. The zero-order chi connectivity index (χ0) is 29.2. The van der Waals surface area contributed by atoms with E-state index in [0.29, 0.717) is 17.1 Å². The van der Waals surface area contributed by atoms with E-state index in [0.717, 1.165) is 27.1 Å². The number of nitrogens with zero attached hydrogens (tertiary/aromatic N) is 2. The van der Waals surface area contributed by atoms with E-state index in [2.05, 4.69) is 26.6 Å². The Morgan fingerprint density at radius 1 is 1.12 bits per heavy atom. The lowest BCUT2D eigenvalue weighted by Gasteiger charge is -2.27. The van der Waals surface area contributed by atoms with E-state index in [1.165, 1.54) is 9.80 Å². The summed E-state index contributed by atoms with van der Waals surface area (Å²) in [5.41, 5.74) is 1.51. The fraction of sp³-hybridized carbons (Fsp3) is 0.321. The number of rotatable bonds is 8. The van der Waals surface area contributed by atoms with Gasteiger partial charge in [0.15, 0.2) is 9.84 Å². The molecule has 0 bridgehead atoms. The quantitative estimate of drug-likeness (QED) is 0.379. The maximum atomic E-state index is 14.2. The summed E-state index contributed by atoms with van der Waals surface area (Å²) in [4.78, 5) is 43.1. The lowest BCUT2D eigenvalue weighted by Crippen LogP contribution is -2.56. The maximum Gasteiger partial charge on any atom is 0.251 e. The normalized spacial score (nSPS) is 15.9. The second kappa shape index (κ2) is 13.2. The Labute approximate surface area is 253 Å². The number of para-hydroxylation sites is 2. The summed E-state index contributed by atoms with van der Waals surface area (Å²) in [7, 11) is -0.494. The summed E-state index contributed by atoms with van der Waals surface area (Å²) in [6.07, 6.45) is 0.977. The summed E-state index contributed by atoms with van der Waals surface area (Å²) in [5, 5.41) is 7.39. The molecule has 3 aromatic carbocycles. The highest BCUT2D eigenvalue weighted by atomic mass is 79.9. The largest absolute Gasteiger partial charge is 0.496 e. The molecular formula is C28H32BrClN4O6S. The molecule has 0 unspecified atom stereocenters. The summed E-state index contributed by atoms with van der Waals surface area (Å²) < 4.78 is 30.6. The number of carbonyl (C=O) groups excluding carboxylic acids is 3. The van der Waals surface area contributed by atoms with Crippen molar-refractivity contribution in [3.63, 3.8) is 0 Å². The smallest absolute Gasteiger partial charge is 0.251 e. The van der Waals surface area contributed by atoms with Crippen molar-refractivity contribution >= 4 is 78.0 Å². The van der Waals surface area contributed by atoms with Crippen LogP contribution in [0, 0.1) is 0 Å². The van der Waals surface area contributed by atoms with Crippen molar-refractivity contribution in [1.29, 1.82) is 0 Å². The van der Waals surface area contributed by atoms with Crippen LogP contribution in [0.25, 0.3) is 10.8 Å². The van der Waals surface area contributed by atoms with E-state index in [9.17, 15) is 22.8 Å². The molecule has 10 nitrogen and oxygen atoms in total. The first-order valence-corrected chi connectivity index (χ1v) is 15.4. The Hall–Kier alpha value is -3.19. The van der Waals surface area contributed by atoms with Crippen LogP contribution in [0.5, 0.6) is 5.75 Å². The molecule has 3 aromatic rings. The van der Waals surface area contributed by atoms with E-state index in [-0.39, 0.29) is 25.5 Å². The first-order valence-electron chi connectivity index (χ1n) is 12.5. The van der Waals surface area contributed by atoms with E-state index in [1.54, 1.807) is 45.3 Å². The van der Waals surface area contributed by atoms with Crippen LogP contribution in [0.3, 0.4) is 0 Å². The van der Waals surface area contributed by atoms with Crippen LogP contribution in [0.1, 0.15) is 12.5 Å². The van der Waals surface area contributed by atoms with Gasteiger partial charge in [0.2, 0.25) is 11.8 Å². The van der Waals surface area contributed by atoms with Crippen LogP contribution < -0.4 is 25.2 Å². The third-order valence-corrected chi connectivity index (χ3v) is 8.07. The predicted octanol–water partition coefficient (Wildman–Crippen LogP) is 3.05. The van der Waals surface area contributed by atoms with Gasteiger partial charge in [-0.05, 0) is 55.1 Å². The lowest BCUT2D eigenvalue weighted by molar-refractivity contribution is -0.128. The SMILES string of the molecule is CN[C@@H](C)C(=O)N[C@H]1CN(C(=O)CS(C)(=O)=O)c2ccccc2N(Cc2c(OC)ccc3cc(Br)ccc23)C1=O.Cl. The Bertz CT molecular complexity index is 1590. The van der Waals surface area contributed by atoms with Crippen LogP contribution in [0.2, 0.25) is 0 Å². The van der Waals surface area contributed by atoms with E-state index < -0.39 is 45.4 Å². The number of fused-ring (bicyclic) bond motifs is 2. The zero-order valence-corrected chi connectivity index (χ0v) is 26.2. The number of hydrogen-bond donors (Lipinski definition) is 2. The van der Waals surface area contributed by atoms with Crippen molar-refractivity contribution in [2.75, 3.05) is 42.5 Å². The number of amides is 3. The highest BCUT2D eigenvalue weighted by Crippen LogP contribution is 2.37. The lowest BCUT2D eigenvalue weighted by atomic mass is 10.0. The van der Waals surface area contributed by atoms with Gasteiger partial charge in [0.05, 0.1) is 37.6 Å². The van der Waals surface area contributed by atoms with Crippen molar-refractivity contribution in [3.8, 4) is 5.75 Å². The van der Waals surface area contributed by atoms with Gasteiger partial charge in [-0.3, -0.25) is 14.4 Å². The Kier molecular flexibility index (Phi) is 10.4. The standard InChI is InChI=1S/C28H31BrN4O6S.ClH/c1-17(30-2)27(35)31-22-15-32(26(34)16-40(4,37)38)23-7-5-6-8-24(23)33(28(22)36)14-21-20-11-10-19(29)13-18(20)9-12-25(21)39-3;/h5-13,17,22,30H,14-16H2,1-4H3,(H,31,35);1H/t17-,22-;/m0./s1. The average Bonchev–Trinajstić information content (AvgIpc) is 3.02. The topological polar surface area (TPSA) is 125 Å². The van der Waals surface area contributed by atoms with Crippen LogP contribution in [-0.2, 0) is 30.8 Å². The molecule has 0 aromatic heterocycles. The Balaban J connectivity index is 0.00000462. The molecule has 0 saturated heterocycles. The van der Waals surface area contributed by atoms with Gasteiger partial charge in [0.25, 0.3) is 5.91 Å². The maximum absolute atomic E-state index is 14.2. The molecule has 220 valence electrons. The molecule has 0 fully saturated rings. The molecule has 0 spiro atoms. The van der Waals surface area contributed by atoms with Gasteiger partial charge in [-0.15, -0.1) is 12.4 Å². The first-order chi connectivity index (χ1) is 18.9. The van der Waals surface area contributed by atoms with Crippen LogP contribution >= 0.6 is 28.3 Å². The number of methoxy groups -OCH3 is 1. The Morgan fingerprint density at radius 2 is 1.80 bits per heavy atom. The van der Waals surface area contributed by atoms with Gasteiger partial charge in [0, 0.05) is 16.3 Å². The number of halogens is 2. The number of nitrogens with one attached hydrogen (secondary N) is 2. The van der Waals surface area contributed by atoms with Crippen LogP contribution in [-0.4, -0.2) is 70.9 Å². The van der Waals surface area contributed by atoms with Crippen molar-refractivity contribution in [2.24, 2.45) is 0 Å². The van der Waals surface area contributed by atoms with Crippen molar-refractivity contribution < 1.29 is 27.5 Å². The highest BCUT2D eigenvalue weighted by Gasteiger charge is 2.38. The van der Waals surface area contributed by atoms with E-state index in [1.807, 2.05) is 30.3 Å². The summed E-state index contributed by atoms with van der Waals surface area (Å²) in [6.45, 7) is 1.48. The van der Waals surface area contributed by atoms with Gasteiger partial charge in [0.1, 0.15) is 17.5 Å². The minimum Gasteiger partial charge on any atom is -0.496 e. The molecule has 3 amide bonds. The van der Waals surface area contributed by atoms with E-state index >= 15 is 0 Å². The predicted molar refractivity (Wildman–Crippen MR) is 166 cm³/mol. The molecule has 1 aliphatic rings. The monoisotopic (exact) mass is 666 g/mol. The molecule has 4 rings (SSSR count). The molecular weight excluding hydrogens is 636 g/mol. The summed E-state index contributed by atoms with van der Waals surface area (Å²) >= 11 is 3.50. The highest BCUT2D eigenvalue weighted by molar-refractivity contribution is 9.10. The second-order valence-electron chi connectivity index (χ2n) is 9.67. The number of sulfone groups is 1. The molecule has 0 saturated carbocycles. The second-order valence-corrected chi connectivity index (χ2v) is 12.7. The third kappa shape index (κ3) is 7.18. The average molecular weight is 668 g/mol. The molecule has 1 heterocycles. The Morgan fingerprint density at radius 3 is 2.44 bits per heavy atom. The van der Waals surface area contributed by atoms with Gasteiger partial charge in [-0.1, -0.05) is 40.2 Å². The van der Waals surface area contributed by atoms with Crippen LogP contribution in [0.4, 0.5) is 11.4 Å². The number of benzene rings is 3. The number of likely N-dealkylation sites (N-methyl/N-ethyl adjacent to an activating group) is 1. The van der Waals surface area contributed by atoms with Crippen molar-refractivity contribution in [3.05, 3.63) is 64.6 Å². The van der Waals surface area contributed by atoms with Gasteiger partial charge in [-0.25, -0.2) is 8.42 Å².